The number of pyridine rings is 1. The van der Waals surface area contributed by atoms with Gasteiger partial charge in [0.15, 0.2) is 5.65 Å². The molecule has 0 fully saturated rings. The quantitative estimate of drug-likeness (QED) is 0.666. The Morgan fingerprint density at radius 3 is 2.83 bits per heavy atom. The Morgan fingerprint density at radius 1 is 1.22 bits per heavy atom. The number of para-hydroxylation sites is 1. The van der Waals surface area contributed by atoms with Gasteiger partial charge in [-0.15, -0.1) is 0 Å². The standard InChI is InChI=1S/C13H11FN4/c1-18-12(8-4-2-5-9(14)11(8)15)17-10-6-3-7-16-13(10)18/h2-7H,15H2,1H3. The molecule has 2 N–H and O–H groups in total. The predicted octanol–water partition coefficient (Wildman–Crippen LogP) is 2.36. The number of benzene rings is 1. The van der Waals surface area contributed by atoms with Gasteiger partial charge in [-0.1, -0.05) is 6.07 Å². The third-order valence-corrected chi connectivity index (χ3v) is 2.92. The van der Waals surface area contributed by atoms with Crippen LogP contribution in [0.15, 0.2) is 36.5 Å². The summed E-state index contributed by atoms with van der Waals surface area (Å²) in [5.41, 5.74) is 7.95. The molecule has 90 valence electrons. The molecule has 0 aliphatic rings. The Balaban J connectivity index is 2.32. The van der Waals surface area contributed by atoms with E-state index in [1.165, 1.54) is 6.07 Å². The molecule has 0 spiro atoms. The van der Waals surface area contributed by atoms with Crippen molar-refractivity contribution in [3.05, 3.63) is 42.3 Å². The molecule has 0 saturated heterocycles. The molecule has 18 heavy (non-hydrogen) atoms. The van der Waals surface area contributed by atoms with Gasteiger partial charge in [0.1, 0.15) is 17.2 Å². The average molecular weight is 242 g/mol. The molecule has 2 aromatic heterocycles. The van der Waals surface area contributed by atoms with Crippen LogP contribution >= 0.6 is 0 Å². The van der Waals surface area contributed by atoms with Crippen LogP contribution in [0.2, 0.25) is 0 Å². The third kappa shape index (κ3) is 1.44. The molecule has 0 radical (unpaired) electrons. The van der Waals surface area contributed by atoms with Gasteiger partial charge in [-0.3, -0.25) is 0 Å². The molecule has 3 rings (SSSR count). The number of aromatic nitrogens is 3. The first-order valence-corrected chi connectivity index (χ1v) is 5.50. The minimum absolute atomic E-state index is 0.107. The van der Waals surface area contributed by atoms with Crippen LogP contribution < -0.4 is 5.73 Å². The number of rotatable bonds is 1. The molecule has 0 bridgehead atoms. The molecule has 0 aliphatic heterocycles. The SMILES string of the molecule is Cn1c(-c2cccc(F)c2N)nc2cccnc21. The van der Waals surface area contributed by atoms with Crippen LogP contribution in [0.5, 0.6) is 0 Å². The summed E-state index contributed by atoms with van der Waals surface area (Å²) in [5.74, 6) is 0.174. The van der Waals surface area contributed by atoms with Crippen molar-refractivity contribution in [3.8, 4) is 11.4 Å². The molecular weight excluding hydrogens is 231 g/mol. The minimum atomic E-state index is -0.437. The summed E-state index contributed by atoms with van der Waals surface area (Å²) in [6.07, 6.45) is 1.70. The second-order valence-electron chi connectivity index (χ2n) is 4.04. The number of anilines is 1. The molecule has 3 aromatic rings. The lowest BCUT2D eigenvalue weighted by molar-refractivity contribution is 0.632. The van der Waals surface area contributed by atoms with Crippen molar-refractivity contribution in [3.63, 3.8) is 0 Å². The van der Waals surface area contributed by atoms with Crippen LogP contribution in [0.25, 0.3) is 22.6 Å². The number of nitrogens with two attached hydrogens (primary N) is 1. The third-order valence-electron chi connectivity index (χ3n) is 2.92. The Bertz CT molecular complexity index is 733. The zero-order valence-electron chi connectivity index (χ0n) is 9.76. The number of aryl methyl sites for hydroxylation is 1. The number of hydrogen-bond acceptors (Lipinski definition) is 3. The van der Waals surface area contributed by atoms with Crippen molar-refractivity contribution < 1.29 is 4.39 Å². The molecule has 2 heterocycles. The highest BCUT2D eigenvalue weighted by atomic mass is 19.1. The van der Waals surface area contributed by atoms with Gasteiger partial charge in [0.25, 0.3) is 0 Å². The lowest BCUT2D eigenvalue weighted by atomic mass is 10.1. The van der Waals surface area contributed by atoms with E-state index in [9.17, 15) is 4.39 Å². The van der Waals surface area contributed by atoms with Crippen molar-refractivity contribution in [1.82, 2.24) is 14.5 Å². The van der Waals surface area contributed by atoms with E-state index in [0.29, 0.717) is 11.4 Å². The van der Waals surface area contributed by atoms with Crippen molar-refractivity contribution in [2.75, 3.05) is 5.73 Å². The highest BCUT2D eigenvalue weighted by molar-refractivity contribution is 5.81. The average Bonchev–Trinajstić information content (AvgIpc) is 2.71. The fourth-order valence-corrected chi connectivity index (χ4v) is 2.00. The molecule has 0 atom stereocenters. The molecule has 0 unspecified atom stereocenters. The summed E-state index contributed by atoms with van der Waals surface area (Å²) in [6.45, 7) is 0. The van der Waals surface area contributed by atoms with Crippen LogP contribution in [-0.2, 0) is 7.05 Å². The van der Waals surface area contributed by atoms with E-state index >= 15 is 0 Å². The number of halogens is 1. The molecule has 0 aliphatic carbocycles. The second-order valence-corrected chi connectivity index (χ2v) is 4.04. The van der Waals surface area contributed by atoms with E-state index in [1.807, 2.05) is 19.2 Å². The lowest BCUT2D eigenvalue weighted by Gasteiger charge is -2.06. The molecular formula is C13H11FN4. The number of nitrogens with zero attached hydrogens (tertiary/aromatic N) is 3. The van der Waals surface area contributed by atoms with E-state index in [1.54, 1.807) is 22.9 Å². The summed E-state index contributed by atoms with van der Waals surface area (Å²) < 4.78 is 15.3. The highest BCUT2D eigenvalue weighted by Crippen LogP contribution is 2.28. The largest absolute Gasteiger partial charge is 0.396 e. The van der Waals surface area contributed by atoms with E-state index in [4.69, 9.17) is 5.73 Å². The van der Waals surface area contributed by atoms with Crippen molar-refractivity contribution in [2.45, 2.75) is 0 Å². The van der Waals surface area contributed by atoms with Crippen LogP contribution in [-0.4, -0.2) is 14.5 Å². The summed E-state index contributed by atoms with van der Waals surface area (Å²) in [5, 5.41) is 0. The van der Waals surface area contributed by atoms with Gasteiger partial charge >= 0.3 is 0 Å². The monoisotopic (exact) mass is 242 g/mol. The lowest BCUT2D eigenvalue weighted by Crippen LogP contribution is -1.99. The normalized spacial score (nSPS) is 11.0. The van der Waals surface area contributed by atoms with Gasteiger partial charge in [-0.05, 0) is 24.3 Å². The van der Waals surface area contributed by atoms with E-state index in [-0.39, 0.29) is 5.69 Å². The predicted molar refractivity (Wildman–Crippen MR) is 68.3 cm³/mol. The van der Waals surface area contributed by atoms with Gasteiger partial charge in [-0.25, -0.2) is 14.4 Å². The van der Waals surface area contributed by atoms with Gasteiger partial charge < -0.3 is 10.3 Å². The highest BCUT2D eigenvalue weighted by Gasteiger charge is 2.14. The summed E-state index contributed by atoms with van der Waals surface area (Å²) in [7, 11) is 1.84. The van der Waals surface area contributed by atoms with Gasteiger partial charge in [0, 0.05) is 18.8 Å². The summed E-state index contributed by atoms with van der Waals surface area (Å²) >= 11 is 0. The fourth-order valence-electron chi connectivity index (χ4n) is 2.00. The Labute approximate surface area is 103 Å². The first-order valence-electron chi connectivity index (χ1n) is 5.50. The number of fused-ring (bicyclic) bond motifs is 1. The maximum atomic E-state index is 13.5. The molecule has 5 heteroatoms. The zero-order chi connectivity index (χ0) is 12.7. The van der Waals surface area contributed by atoms with Crippen LogP contribution in [0.4, 0.5) is 10.1 Å². The molecule has 0 amide bonds. The summed E-state index contributed by atoms with van der Waals surface area (Å²) in [4.78, 5) is 8.68. The smallest absolute Gasteiger partial charge is 0.159 e. The van der Waals surface area contributed by atoms with Gasteiger partial charge in [-0.2, -0.15) is 0 Å². The van der Waals surface area contributed by atoms with Gasteiger partial charge in [0.05, 0.1) is 5.69 Å². The number of imidazole rings is 1. The zero-order valence-corrected chi connectivity index (χ0v) is 9.76. The van der Waals surface area contributed by atoms with Crippen molar-refractivity contribution in [1.29, 1.82) is 0 Å². The second kappa shape index (κ2) is 3.80. The molecule has 4 nitrogen and oxygen atoms in total. The van der Waals surface area contributed by atoms with E-state index < -0.39 is 5.82 Å². The first kappa shape index (κ1) is 10.7. The topological polar surface area (TPSA) is 56.7 Å². The van der Waals surface area contributed by atoms with Crippen molar-refractivity contribution in [2.24, 2.45) is 7.05 Å². The Morgan fingerprint density at radius 2 is 2.06 bits per heavy atom. The van der Waals surface area contributed by atoms with Gasteiger partial charge in [0.2, 0.25) is 0 Å². The maximum absolute atomic E-state index is 13.5. The Hall–Kier alpha value is -2.43. The van der Waals surface area contributed by atoms with Crippen LogP contribution in [0.1, 0.15) is 0 Å². The first-order chi connectivity index (χ1) is 8.68. The van der Waals surface area contributed by atoms with E-state index in [0.717, 1.165) is 11.2 Å². The van der Waals surface area contributed by atoms with Crippen molar-refractivity contribution >= 4 is 16.9 Å². The maximum Gasteiger partial charge on any atom is 0.159 e. The number of nitrogen functional groups attached to an aromatic ring is 1. The molecule has 0 saturated carbocycles. The Kier molecular flexibility index (Phi) is 2.26. The van der Waals surface area contributed by atoms with E-state index in [2.05, 4.69) is 9.97 Å². The number of hydrogen-bond donors (Lipinski definition) is 1. The summed E-state index contributed by atoms with van der Waals surface area (Å²) in [6, 6.07) is 8.38. The van der Waals surface area contributed by atoms with Crippen LogP contribution in [0.3, 0.4) is 0 Å². The fraction of sp³-hybridized carbons (Fsp3) is 0.0769. The molecule has 1 aromatic carbocycles. The minimum Gasteiger partial charge on any atom is -0.396 e. The van der Waals surface area contributed by atoms with Crippen LogP contribution in [0, 0.1) is 5.82 Å².